The average Bonchev–Trinajstić information content (AvgIpc) is 2.68. The van der Waals surface area contributed by atoms with Gasteiger partial charge in [0.1, 0.15) is 6.04 Å². The highest BCUT2D eigenvalue weighted by molar-refractivity contribution is 5.91. The number of carbonyl (C=O) groups excluding carboxylic acids is 1. The summed E-state index contributed by atoms with van der Waals surface area (Å²) in [6.45, 7) is 0. The van der Waals surface area contributed by atoms with Gasteiger partial charge in [-0.3, -0.25) is 5.32 Å². The molecule has 0 aliphatic rings. The van der Waals surface area contributed by atoms with Crippen molar-refractivity contribution in [2.24, 2.45) is 7.05 Å². The minimum atomic E-state index is -1.20. The van der Waals surface area contributed by atoms with Gasteiger partial charge >= 0.3 is 12.0 Å². The molecule has 8 heteroatoms. The molecule has 0 bridgehead atoms. The number of aryl methyl sites for hydroxylation is 1. The van der Waals surface area contributed by atoms with Crippen molar-refractivity contribution in [2.45, 2.75) is 12.5 Å². The topological polar surface area (TPSA) is 105 Å². The predicted octanol–water partition coefficient (Wildman–Crippen LogP) is 0.0267. The first-order valence-corrected chi connectivity index (χ1v) is 5.29. The third kappa shape index (κ3) is 3.92. The van der Waals surface area contributed by atoms with E-state index in [1.165, 1.54) is 17.9 Å². The van der Waals surface area contributed by atoms with Crippen molar-refractivity contribution in [1.82, 2.24) is 15.1 Å². The monoisotopic (exact) mass is 266 g/mol. The second kappa shape index (κ2) is 6.30. The van der Waals surface area contributed by atoms with Crippen LogP contribution in [-0.4, -0.2) is 40.0 Å². The van der Waals surface area contributed by atoms with Crippen LogP contribution in [0.5, 0.6) is 5.88 Å². The van der Waals surface area contributed by atoms with E-state index in [1.54, 1.807) is 7.05 Å². The second-order valence-corrected chi connectivity index (χ2v) is 3.59. The summed E-state index contributed by atoms with van der Waals surface area (Å²) in [4.78, 5) is 22.4. The number of methoxy groups -OCH3 is 1. The average molecular weight is 266 g/mol. The molecule has 1 unspecified atom stereocenters. The number of carbonyl (C=O) groups is 2. The van der Waals surface area contributed by atoms with Crippen molar-refractivity contribution in [3.05, 3.63) is 6.07 Å². The van der Waals surface area contributed by atoms with Crippen LogP contribution in [0.15, 0.2) is 6.07 Å². The van der Waals surface area contributed by atoms with E-state index < -0.39 is 18.0 Å². The minimum Gasteiger partial charge on any atom is -0.481 e. The normalized spacial score (nSPS) is 11.2. The van der Waals surface area contributed by atoms with Crippen molar-refractivity contribution >= 4 is 17.8 Å². The van der Waals surface area contributed by atoms with Crippen molar-refractivity contribution in [3.8, 4) is 18.2 Å². The molecule has 0 saturated heterocycles. The van der Waals surface area contributed by atoms with E-state index in [-0.39, 0.29) is 12.2 Å². The third-order valence-electron chi connectivity index (χ3n) is 2.21. The molecule has 8 nitrogen and oxygen atoms in total. The van der Waals surface area contributed by atoms with Crippen LogP contribution in [0.25, 0.3) is 0 Å². The Morgan fingerprint density at radius 2 is 2.37 bits per heavy atom. The predicted molar refractivity (Wildman–Crippen MR) is 66.8 cm³/mol. The number of hydrogen-bond acceptors (Lipinski definition) is 4. The van der Waals surface area contributed by atoms with E-state index >= 15 is 0 Å². The quantitative estimate of drug-likeness (QED) is 0.652. The first kappa shape index (κ1) is 14.4. The highest BCUT2D eigenvalue weighted by Crippen LogP contribution is 2.14. The van der Waals surface area contributed by atoms with Crippen LogP contribution < -0.4 is 15.4 Å². The summed E-state index contributed by atoms with van der Waals surface area (Å²) in [5.74, 6) is 1.67. The van der Waals surface area contributed by atoms with Gasteiger partial charge in [-0.2, -0.15) is 5.10 Å². The number of nitrogens with zero attached hydrogens (tertiary/aromatic N) is 2. The van der Waals surface area contributed by atoms with Gasteiger partial charge in [0.25, 0.3) is 0 Å². The van der Waals surface area contributed by atoms with E-state index in [0.29, 0.717) is 5.88 Å². The first-order chi connectivity index (χ1) is 8.97. The van der Waals surface area contributed by atoms with Crippen LogP contribution in [0.2, 0.25) is 0 Å². The maximum absolute atomic E-state index is 11.6. The SMILES string of the molecule is C#CCC(NC(=O)Nc1cc(OC)n(C)n1)C(=O)O. The molecule has 1 rings (SSSR count). The molecule has 0 radical (unpaired) electrons. The zero-order valence-corrected chi connectivity index (χ0v) is 10.5. The van der Waals surface area contributed by atoms with Crippen LogP contribution in [0.1, 0.15) is 6.42 Å². The highest BCUT2D eigenvalue weighted by atomic mass is 16.5. The summed E-state index contributed by atoms with van der Waals surface area (Å²) in [7, 11) is 3.11. The lowest BCUT2D eigenvalue weighted by atomic mass is 10.2. The number of aliphatic carboxylic acids is 1. The maximum atomic E-state index is 11.6. The maximum Gasteiger partial charge on any atom is 0.327 e. The Kier molecular flexibility index (Phi) is 4.76. The smallest absolute Gasteiger partial charge is 0.327 e. The summed E-state index contributed by atoms with van der Waals surface area (Å²) in [6, 6.07) is -0.352. The zero-order valence-electron chi connectivity index (χ0n) is 10.5. The molecule has 0 fully saturated rings. The molecule has 1 aromatic heterocycles. The number of aromatic nitrogens is 2. The van der Waals surface area contributed by atoms with Crippen LogP contribution in [0.4, 0.5) is 10.6 Å². The molecular formula is C11H14N4O4. The number of rotatable bonds is 5. The number of terminal acetylenes is 1. The van der Waals surface area contributed by atoms with Gasteiger partial charge in [0, 0.05) is 19.5 Å². The minimum absolute atomic E-state index is 0.103. The Bertz CT molecular complexity index is 517. The largest absolute Gasteiger partial charge is 0.481 e. The zero-order chi connectivity index (χ0) is 14.4. The fraction of sp³-hybridized carbons (Fsp3) is 0.364. The number of urea groups is 1. The number of ether oxygens (including phenoxy) is 1. The van der Waals surface area contributed by atoms with E-state index in [4.69, 9.17) is 16.3 Å². The third-order valence-corrected chi connectivity index (χ3v) is 2.21. The van der Waals surface area contributed by atoms with Crippen LogP contribution in [0.3, 0.4) is 0 Å². The van der Waals surface area contributed by atoms with Gasteiger partial charge in [0.15, 0.2) is 5.82 Å². The summed E-state index contributed by atoms with van der Waals surface area (Å²) >= 11 is 0. The van der Waals surface area contributed by atoms with Crippen LogP contribution >= 0.6 is 0 Å². The van der Waals surface area contributed by atoms with Gasteiger partial charge in [0.05, 0.1) is 7.11 Å². The van der Waals surface area contributed by atoms with Gasteiger partial charge in [-0.25, -0.2) is 14.3 Å². The van der Waals surface area contributed by atoms with Crippen LogP contribution in [-0.2, 0) is 11.8 Å². The molecule has 2 amide bonds. The molecule has 19 heavy (non-hydrogen) atoms. The molecule has 0 saturated carbocycles. The fourth-order valence-corrected chi connectivity index (χ4v) is 1.33. The fourth-order valence-electron chi connectivity index (χ4n) is 1.33. The standard InChI is InChI=1S/C11H14N4O4/c1-4-5-7(10(16)17)12-11(18)13-8-6-9(19-3)15(2)14-8/h1,6-7H,5H2,2-3H3,(H,16,17)(H2,12,13,14,18). The summed E-state index contributed by atoms with van der Waals surface area (Å²) < 4.78 is 6.40. The number of anilines is 1. The summed E-state index contributed by atoms with van der Waals surface area (Å²) in [5.41, 5.74) is 0. The van der Waals surface area contributed by atoms with Crippen molar-refractivity contribution in [2.75, 3.05) is 12.4 Å². The molecule has 0 aliphatic carbocycles. The lowest BCUT2D eigenvalue weighted by Gasteiger charge is -2.11. The first-order valence-electron chi connectivity index (χ1n) is 5.29. The van der Waals surface area contributed by atoms with E-state index in [1.807, 2.05) is 0 Å². The number of carboxylic acids is 1. The molecule has 3 N–H and O–H groups in total. The van der Waals surface area contributed by atoms with E-state index in [2.05, 4.69) is 21.7 Å². The van der Waals surface area contributed by atoms with Crippen molar-refractivity contribution in [1.29, 1.82) is 0 Å². The molecule has 1 heterocycles. The van der Waals surface area contributed by atoms with Gasteiger partial charge < -0.3 is 15.2 Å². The van der Waals surface area contributed by atoms with E-state index in [9.17, 15) is 9.59 Å². The molecular weight excluding hydrogens is 252 g/mol. The number of amides is 2. The number of nitrogens with one attached hydrogen (secondary N) is 2. The molecule has 102 valence electrons. The van der Waals surface area contributed by atoms with Crippen molar-refractivity contribution < 1.29 is 19.4 Å². The Balaban J connectivity index is 2.63. The Labute approximate surface area is 109 Å². The highest BCUT2D eigenvalue weighted by Gasteiger charge is 2.19. The lowest BCUT2D eigenvalue weighted by molar-refractivity contribution is -0.139. The molecule has 0 spiro atoms. The number of hydrogen-bond donors (Lipinski definition) is 3. The number of carboxylic acid groups (broad SMARTS) is 1. The van der Waals surface area contributed by atoms with Gasteiger partial charge in [0.2, 0.25) is 5.88 Å². The second-order valence-electron chi connectivity index (χ2n) is 3.59. The lowest BCUT2D eigenvalue weighted by Crippen LogP contribution is -2.42. The summed E-state index contributed by atoms with van der Waals surface area (Å²) in [6.07, 6.45) is 4.92. The molecule has 0 aromatic carbocycles. The Morgan fingerprint density at radius 3 is 2.84 bits per heavy atom. The molecule has 1 atom stereocenters. The Hall–Kier alpha value is -2.69. The Morgan fingerprint density at radius 1 is 1.68 bits per heavy atom. The van der Waals surface area contributed by atoms with Crippen LogP contribution in [0, 0.1) is 12.3 Å². The summed E-state index contributed by atoms with van der Waals surface area (Å²) in [5, 5.41) is 17.4. The molecule has 0 aliphatic heterocycles. The van der Waals surface area contributed by atoms with E-state index in [0.717, 1.165) is 0 Å². The van der Waals surface area contributed by atoms with Gasteiger partial charge in [-0.15, -0.1) is 12.3 Å². The molecule has 1 aromatic rings. The van der Waals surface area contributed by atoms with Crippen molar-refractivity contribution in [3.63, 3.8) is 0 Å². The van der Waals surface area contributed by atoms with Gasteiger partial charge in [-0.1, -0.05) is 0 Å². The van der Waals surface area contributed by atoms with Gasteiger partial charge in [-0.05, 0) is 0 Å².